The number of hydrogen-bond acceptors (Lipinski definition) is 5. The molecule has 0 radical (unpaired) electrons. The van der Waals surface area contributed by atoms with Gasteiger partial charge in [0.1, 0.15) is 12.4 Å². The number of nitrogens with zero attached hydrogens (tertiary/aromatic N) is 2. The van der Waals surface area contributed by atoms with Gasteiger partial charge in [0.05, 0.1) is 35.6 Å². The van der Waals surface area contributed by atoms with Crippen LogP contribution in [0.5, 0.6) is 5.75 Å². The zero-order valence-electron chi connectivity index (χ0n) is 12.7. The van der Waals surface area contributed by atoms with Crippen molar-refractivity contribution in [2.24, 2.45) is 0 Å². The zero-order chi connectivity index (χ0) is 16.8. The summed E-state index contributed by atoms with van der Waals surface area (Å²) in [5.41, 5.74) is 2.74. The fourth-order valence-electron chi connectivity index (χ4n) is 2.14. The van der Waals surface area contributed by atoms with E-state index in [0.29, 0.717) is 35.7 Å². The molecule has 3 rings (SSSR count). The minimum atomic E-state index is -0.201. The van der Waals surface area contributed by atoms with Gasteiger partial charge in [-0.15, -0.1) is 0 Å². The van der Waals surface area contributed by atoms with Gasteiger partial charge in [0, 0.05) is 10.9 Å². The third kappa shape index (κ3) is 3.62. The van der Waals surface area contributed by atoms with E-state index in [1.165, 1.54) is 6.20 Å². The first-order valence-electron chi connectivity index (χ1n) is 7.25. The standard InChI is InChI=1S/C17H14N4O2S/c18-9-12-1-3-14(4-2-12)23-7-6-19-17(22)15-10-20-21-16(15)13-5-8-24-11-13/h1-5,8,10-11H,6-7H2,(H,19,22)(H,20,21). The number of benzene rings is 1. The number of thiophene rings is 1. The highest BCUT2D eigenvalue weighted by Crippen LogP contribution is 2.23. The van der Waals surface area contributed by atoms with Crippen LogP contribution < -0.4 is 10.1 Å². The van der Waals surface area contributed by atoms with Crippen molar-refractivity contribution in [3.63, 3.8) is 0 Å². The van der Waals surface area contributed by atoms with Gasteiger partial charge in [-0.25, -0.2) is 0 Å². The lowest BCUT2D eigenvalue weighted by atomic mass is 10.1. The highest BCUT2D eigenvalue weighted by Gasteiger charge is 2.15. The van der Waals surface area contributed by atoms with Gasteiger partial charge < -0.3 is 10.1 Å². The minimum Gasteiger partial charge on any atom is -0.492 e. The molecular formula is C17H14N4O2S. The molecule has 2 aromatic heterocycles. The molecule has 24 heavy (non-hydrogen) atoms. The van der Waals surface area contributed by atoms with Gasteiger partial charge >= 0.3 is 0 Å². The monoisotopic (exact) mass is 338 g/mol. The molecule has 0 bridgehead atoms. The summed E-state index contributed by atoms with van der Waals surface area (Å²) in [7, 11) is 0. The maximum Gasteiger partial charge on any atom is 0.255 e. The van der Waals surface area contributed by atoms with E-state index in [9.17, 15) is 4.79 Å². The summed E-state index contributed by atoms with van der Waals surface area (Å²) in [6, 6.07) is 10.8. The maximum atomic E-state index is 12.3. The molecule has 7 heteroatoms. The third-order valence-corrected chi connectivity index (χ3v) is 4.02. The average Bonchev–Trinajstić information content (AvgIpc) is 3.29. The quantitative estimate of drug-likeness (QED) is 0.676. The molecule has 1 aromatic carbocycles. The molecule has 3 aromatic rings. The molecule has 0 aliphatic heterocycles. The van der Waals surface area contributed by atoms with Crippen molar-refractivity contribution in [3.05, 3.63) is 58.4 Å². The van der Waals surface area contributed by atoms with E-state index >= 15 is 0 Å². The van der Waals surface area contributed by atoms with Crippen LogP contribution in [-0.2, 0) is 0 Å². The van der Waals surface area contributed by atoms with Crippen molar-refractivity contribution in [3.8, 4) is 23.1 Å². The molecule has 0 fully saturated rings. The Kier molecular flexibility index (Phi) is 4.89. The van der Waals surface area contributed by atoms with E-state index < -0.39 is 0 Å². The van der Waals surface area contributed by atoms with Crippen LogP contribution in [0.4, 0.5) is 0 Å². The molecule has 0 unspecified atom stereocenters. The number of rotatable bonds is 6. The van der Waals surface area contributed by atoms with Crippen molar-refractivity contribution in [2.75, 3.05) is 13.2 Å². The summed E-state index contributed by atoms with van der Waals surface area (Å²) in [5.74, 6) is 0.457. The molecule has 0 atom stereocenters. The van der Waals surface area contributed by atoms with Crippen molar-refractivity contribution < 1.29 is 9.53 Å². The van der Waals surface area contributed by atoms with Gasteiger partial charge in [-0.2, -0.15) is 21.7 Å². The topological polar surface area (TPSA) is 90.8 Å². The van der Waals surface area contributed by atoms with Crippen LogP contribution >= 0.6 is 11.3 Å². The second-order valence-corrected chi connectivity index (χ2v) is 5.69. The van der Waals surface area contributed by atoms with E-state index in [4.69, 9.17) is 10.00 Å². The van der Waals surface area contributed by atoms with Gasteiger partial charge in [0.2, 0.25) is 0 Å². The van der Waals surface area contributed by atoms with Crippen molar-refractivity contribution in [1.82, 2.24) is 15.5 Å². The summed E-state index contributed by atoms with van der Waals surface area (Å²) in [4.78, 5) is 12.3. The van der Waals surface area contributed by atoms with Gasteiger partial charge in [0.15, 0.2) is 0 Å². The van der Waals surface area contributed by atoms with Crippen LogP contribution in [0, 0.1) is 11.3 Å². The molecule has 0 aliphatic carbocycles. The average molecular weight is 338 g/mol. The second kappa shape index (κ2) is 7.44. The zero-order valence-corrected chi connectivity index (χ0v) is 13.5. The lowest BCUT2D eigenvalue weighted by Crippen LogP contribution is -2.28. The minimum absolute atomic E-state index is 0.201. The van der Waals surface area contributed by atoms with Crippen molar-refractivity contribution in [1.29, 1.82) is 5.26 Å². The van der Waals surface area contributed by atoms with Crippen LogP contribution in [0.1, 0.15) is 15.9 Å². The van der Waals surface area contributed by atoms with E-state index in [1.807, 2.05) is 22.9 Å². The predicted octanol–water partition coefficient (Wildman–Crippen LogP) is 2.82. The molecule has 2 heterocycles. The normalized spacial score (nSPS) is 10.1. The molecule has 6 nitrogen and oxygen atoms in total. The van der Waals surface area contributed by atoms with Crippen LogP contribution in [-0.4, -0.2) is 29.3 Å². The number of aromatic amines is 1. The Morgan fingerprint density at radius 3 is 2.88 bits per heavy atom. The maximum absolute atomic E-state index is 12.3. The number of carbonyl (C=O) groups excluding carboxylic acids is 1. The highest BCUT2D eigenvalue weighted by atomic mass is 32.1. The predicted molar refractivity (Wildman–Crippen MR) is 90.9 cm³/mol. The Morgan fingerprint density at radius 2 is 2.17 bits per heavy atom. The summed E-state index contributed by atoms with van der Waals surface area (Å²) in [6.45, 7) is 0.705. The fraction of sp³-hybridized carbons (Fsp3) is 0.118. The van der Waals surface area contributed by atoms with Crippen LogP contribution in [0.15, 0.2) is 47.3 Å². The fourth-order valence-corrected chi connectivity index (χ4v) is 2.79. The largest absolute Gasteiger partial charge is 0.492 e. The lowest BCUT2D eigenvalue weighted by Gasteiger charge is -2.08. The number of ether oxygens (including phenoxy) is 1. The number of nitriles is 1. The molecule has 0 spiro atoms. The first-order chi connectivity index (χ1) is 11.8. The number of amides is 1. The summed E-state index contributed by atoms with van der Waals surface area (Å²) in [6.07, 6.45) is 1.52. The number of nitrogens with one attached hydrogen (secondary N) is 2. The van der Waals surface area contributed by atoms with E-state index in [1.54, 1.807) is 35.6 Å². The third-order valence-electron chi connectivity index (χ3n) is 3.33. The molecule has 120 valence electrons. The number of H-pyrrole nitrogens is 1. The van der Waals surface area contributed by atoms with Crippen molar-refractivity contribution in [2.45, 2.75) is 0 Å². The Hall–Kier alpha value is -3.11. The van der Waals surface area contributed by atoms with Gasteiger partial charge in [-0.3, -0.25) is 9.89 Å². The molecule has 2 N–H and O–H groups in total. The molecular weight excluding hydrogens is 324 g/mol. The SMILES string of the molecule is N#Cc1ccc(OCCNC(=O)c2cn[nH]c2-c2ccsc2)cc1. The smallest absolute Gasteiger partial charge is 0.255 e. The van der Waals surface area contributed by atoms with Crippen LogP contribution in [0.3, 0.4) is 0 Å². The van der Waals surface area contributed by atoms with E-state index in [2.05, 4.69) is 15.5 Å². The number of hydrogen-bond donors (Lipinski definition) is 2. The molecule has 0 aliphatic rings. The van der Waals surface area contributed by atoms with E-state index in [0.717, 1.165) is 5.56 Å². The summed E-state index contributed by atoms with van der Waals surface area (Å²) >= 11 is 1.56. The van der Waals surface area contributed by atoms with Gasteiger partial charge in [-0.05, 0) is 35.7 Å². The van der Waals surface area contributed by atoms with E-state index in [-0.39, 0.29) is 5.91 Å². The van der Waals surface area contributed by atoms with Crippen molar-refractivity contribution >= 4 is 17.2 Å². The highest BCUT2D eigenvalue weighted by molar-refractivity contribution is 7.08. The first kappa shape index (κ1) is 15.8. The Morgan fingerprint density at radius 1 is 1.33 bits per heavy atom. The Balaban J connectivity index is 1.51. The molecule has 1 amide bonds. The number of carbonyl (C=O) groups is 1. The second-order valence-electron chi connectivity index (χ2n) is 4.91. The number of aromatic nitrogens is 2. The lowest BCUT2D eigenvalue weighted by molar-refractivity contribution is 0.0947. The first-order valence-corrected chi connectivity index (χ1v) is 8.19. The summed E-state index contributed by atoms with van der Waals surface area (Å²) in [5, 5.41) is 22.3. The summed E-state index contributed by atoms with van der Waals surface area (Å²) < 4.78 is 5.53. The van der Waals surface area contributed by atoms with Gasteiger partial charge in [-0.1, -0.05) is 0 Å². The Bertz CT molecular complexity index is 848. The van der Waals surface area contributed by atoms with Gasteiger partial charge in [0.25, 0.3) is 5.91 Å². The molecule has 0 saturated carbocycles. The molecule has 0 saturated heterocycles. The Labute approximate surface area is 142 Å². The van der Waals surface area contributed by atoms with Crippen LogP contribution in [0.2, 0.25) is 0 Å². The van der Waals surface area contributed by atoms with Crippen LogP contribution in [0.25, 0.3) is 11.3 Å².